The third-order valence-electron chi connectivity index (χ3n) is 1.47. The first-order chi connectivity index (χ1) is 5.15. The van der Waals surface area contributed by atoms with Gasteiger partial charge in [-0.25, -0.2) is 0 Å². The minimum atomic E-state index is 0.191. The molecule has 1 aromatic carbocycles. The molecule has 0 heterocycles. The van der Waals surface area contributed by atoms with Crippen LogP contribution in [0, 0.1) is 6.92 Å². The predicted molar refractivity (Wildman–Crippen MR) is 44.4 cm³/mol. The van der Waals surface area contributed by atoms with Crippen molar-refractivity contribution in [1.29, 1.82) is 0 Å². The summed E-state index contributed by atoms with van der Waals surface area (Å²) in [6, 6.07) is 3.16. The molecule has 1 N–H and O–H groups in total. The van der Waals surface area contributed by atoms with E-state index in [4.69, 9.17) is 16.3 Å². The van der Waals surface area contributed by atoms with Crippen LogP contribution in [0.5, 0.6) is 11.5 Å². The molecular formula is C8H9ClO2. The van der Waals surface area contributed by atoms with Gasteiger partial charge in [0.2, 0.25) is 0 Å². The number of ether oxygens (including phenoxy) is 1. The second-order valence-electron chi connectivity index (χ2n) is 2.27. The molecule has 0 aliphatic carbocycles. The van der Waals surface area contributed by atoms with Gasteiger partial charge in [-0.1, -0.05) is 11.6 Å². The minimum absolute atomic E-state index is 0.191. The third-order valence-corrected chi connectivity index (χ3v) is 1.77. The largest absolute Gasteiger partial charge is 0.508 e. The summed E-state index contributed by atoms with van der Waals surface area (Å²) in [5, 5.41) is 9.61. The van der Waals surface area contributed by atoms with Crippen LogP contribution in [0.1, 0.15) is 5.56 Å². The summed E-state index contributed by atoms with van der Waals surface area (Å²) in [7, 11) is 1.54. The lowest BCUT2D eigenvalue weighted by Crippen LogP contribution is -1.85. The zero-order valence-electron chi connectivity index (χ0n) is 6.39. The molecule has 3 heteroatoms. The summed E-state index contributed by atoms with van der Waals surface area (Å²) in [6.45, 7) is 1.79. The van der Waals surface area contributed by atoms with Crippen LogP contribution in [0.2, 0.25) is 5.02 Å². The highest BCUT2D eigenvalue weighted by molar-refractivity contribution is 6.32. The topological polar surface area (TPSA) is 29.5 Å². The second kappa shape index (κ2) is 3.01. The molecule has 11 heavy (non-hydrogen) atoms. The molecule has 0 bridgehead atoms. The van der Waals surface area contributed by atoms with Crippen molar-refractivity contribution in [3.63, 3.8) is 0 Å². The van der Waals surface area contributed by atoms with Gasteiger partial charge in [0.1, 0.15) is 11.5 Å². The van der Waals surface area contributed by atoms with Crippen LogP contribution in [0.4, 0.5) is 0 Å². The maximum atomic E-state index is 9.18. The normalized spacial score (nSPS) is 9.73. The van der Waals surface area contributed by atoms with E-state index in [9.17, 15) is 5.11 Å². The Balaban J connectivity index is 3.21. The first-order valence-electron chi connectivity index (χ1n) is 3.18. The molecule has 0 radical (unpaired) electrons. The van der Waals surface area contributed by atoms with Crippen LogP contribution in [0.15, 0.2) is 12.1 Å². The number of aryl methyl sites for hydroxylation is 1. The molecule has 0 fully saturated rings. The first kappa shape index (κ1) is 8.21. The summed E-state index contributed by atoms with van der Waals surface area (Å²) < 4.78 is 4.94. The Bertz CT molecular complexity index is 271. The van der Waals surface area contributed by atoms with E-state index in [0.29, 0.717) is 10.8 Å². The quantitative estimate of drug-likeness (QED) is 0.705. The number of aromatic hydroxyl groups is 1. The Labute approximate surface area is 70.4 Å². The second-order valence-corrected chi connectivity index (χ2v) is 2.68. The zero-order valence-corrected chi connectivity index (χ0v) is 7.14. The summed E-state index contributed by atoms with van der Waals surface area (Å²) in [6.07, 6.45) is 0. The lowest BCUT2D eigenvalue weighted by molar-refractivity contribution is 0.411. The number of rotatable bonds is 1. The number of methoxy groups -OCH3 is 1. The number of benzene rings is 1. The van der Waals surface area contributed by atoms with E-state index in [1.54, 1.807) is 13.0 Å². The molecule has 1 aromatic rings. The monoisotopic (exact) mass is 172 g/mol. The van der Waals surface area contributed by atoms with Crippen LogP contribution in [0.3, 0.4) is 0 Å². The maximum Gasteiger partial charge on any atom is 0.137 e. The van der Waals surface area contributed by atoms with Gasteiger partial charge in [-0.2, -0.15) is 0 Å². The standard InChI is InChI=1S/C8H9ClO2/c1-5-3-8(11-2)6(9)4-7(5)10/h3-4,10H,1-2H3. The maximum absolute atomic E-state index is 9.18. The molecule has 0 aromatic heterocycles. The summed E-state index contributed by atoms with van der Waals surface area (Å²) >= 11 is 5.72. The number of phenols is 1. The van der Waals surface area contributed by atoms with E-state index >= 15 is 0 Å². The van der Waals surface area contributed by atoms with Crippen molar-refractivity contribution in [2.75, 3.05) is 7.11 Å². The van der Waals surface area contributed by atoms with E-state index in [2.05, 4.69) is 0 Å². The summed E-state index contributed by atoms with van der Waals surface area (Å²) in [4.78, 5) is 0. The van der Waals surface area contributed by atoms with Gasteiger partial charge in [0, 0.05) is 6.07 Å². The Morgan fingerprint density at radius 1 is 1.45 bits per heavy atom. The van der Waals surface area contributed by atoms with Crippen molar-refractivity contribution in [2.45, 2.75) is 6.92 Å². The highest BCUT2D eigenvalue weighted by Crippen LogP contribution is 2.30. The van der Waals surface area contributed by atoms with Gasteiger partial charge in [0.25, 0.3) is 0 Å². The van der Waals surface area contributed by atoms with Gasteiger partial charge in [-0.3, -0.25) is 0 Å². The van der Waals surface area contributed by atoms with Gasteiger partial charge in [-0.15, -0.1) is 0 Å². The molecule has 0 unspecified atom stereocenters. The average molecular weight is 173 g/mol. The van der Waals surface area contributed by atoms with Crippen LogP contribution < -0.4 is 4.74 Å². The number of hydrogen-bond acceptors (Lipinski definition) is 2. The Morgan fingerprint density at radius 3 is 2.64 bits per heavy atom. The fourth-order valence-corrected chi connectivity index (χ4v) is 1.04. The predicted octanol–water partition coefficient (Wildman–Crippen LogP) is 2.36. The summed E-state index contributed by atoms with van der Waals surface area (Å²) in [5.74, 6) is 0.776. The molecule has 1 rings (SSSR count). The van der Waals surface area contributed by atoms with Gasteiger partial charge in [0.15, 0.2) is 0 Å². The highest BCUT2D eigenvalue weighted by Gasteiger charge is 2.03. The van der Waals surface area contributed by atoms with E-state index in [-0.39, 0.29) is 5.75 Å². The van der Waals surface area contributed by atoms with Crippen LogP contribution in [0.25, 0.3) is 0 Å². The van der Waals surface area contributed by atoms with Crippen molar-refractivity contribution in [2.24, 2.45) is 0 Å². The molecular weight excluding hydrogens is 164 g/mol. The molecule has 0 aliphatic heterocycles. The Morgan fingerprint density at radius 2 is 2.09 bits per heavy atom. The third kappa shape index (κ3) is 1.57. The van der Waals surface area contributed by atoms with E-state index < -0.39 is 0 Å². The molecule has 0 saturated carbocycles. The lowest BCUT2D eigenvalue weighted by Gasteiger charge is -2.04. The number of halogens is 1. The molecule has 0 aliphatic rings. The zero-order chi connectivity index (χ0) is 8.43. The highest BCUT2D eigenvalue weighted by atomic mass is 35.5. The number of phenolic OH excluding ortho intramolecular Hbond substituents is 1. The minimum Gasteiger partial charge on any atom is -0.508 e. The van der Waals surface area contributed by atoms with Gasteiger partial charge in [-0.05, 0) is 18.6 Å². The van der Waals surface area contributed by atoms with E-state index in [1.165, 1.54) is 13.2 Å². The van der Waals surface area contributed by atoms with Crippen molar-refractivity contribution in [3.05, 3.63) is 22.7 Å². The van der Waals surface area contributed by atoms with Gasteiger partial charge >= 0.3 is 0 Å². The van der Waals surface area contributed by atoms with Crippen molar-refractivity contribution < 1.29 is 9.84 Å². The van der Waals surface area contributed by atoms with Crippen molar-refractivity contribution >= 4 is 11.6 Å². The molecule has 60 valence electrons. The van der Waals surface area contributed by atoms with E-state index in [1.807, 2.05) is 0 Å². The van der Waals surface area contributed by atoms with Crippen molar-refractivity contribution in [3.8, 4) is 11.5 Å². The Hall–Kier alpha value is -0.890. The smallest absolute Gasteiger partial charge is 0.137 e. The first-order valence-corrected chi connectivity index (χ1v) is 3.56. The summed E-state index contributed by atoms with van der Waals surface area (Å²) in [5.41, 5.74) is 0.756. The molecule has 0 atom stereocenters. The van der Waals surface area contributed by atoms with Crippen molar-refractivity contribution in [1.82, 2.24) is 0 Å². The molecule has 0 spiro atoms. The Kier molecular flexibility index (Phi) is 2.25. The number of hydrogen-bond donors (Lipinski definition) is 1. The van der Waals surface area contributed by atoms with Crippen LogP contribution in [-0.2, 0) is 0 Å². The lowest BCUT2D eigenvalue weighted by atomic mass is 10.2. The average Bonchev–Trinajstić information content (AvgIpc) is 1.97. The molecule has 0 amide bonds. The SMILES string of the molecule is COc1cc(C)c(O)cc1Cl. The van der Waals surface area contributed by atoms with Gasteiger partial charge < -0.3 is 9.84 Å². The molecule has 2 nitrogen and oxygen atoms in total. The van der Waals surface area contributed by atoms with E-state index in [0.717, 1.165) is 5.56 Å². The fourth-order valence-electron chi connectivity index (χ4n) is 0.801. The fraction of sp³-hybridized carbons (Fsp3) is 0.250. The molecule has 0 saturated heterocycles. The van der Waals surface area contributed by atoms with Gasteiger partial charge in [0.05, 0.1) is 12.1 Å². The van der Waals surface area contributed by atoms with Crippen LogP contribution >= 0.6 is 11.6 Å². The van der Waals surface area contributed by atoms with Crippen LogP contribution in [-0.4, -0.2) is 12.2 Å².